The number of halogens is 1. The fourth-order valence-electron chi connectivity index (χ4n) is 3.84. The number of benzene rings is 2. The van der Waals surface area contributed by atoms with Gasteiger partial charge in [-0.05, 0) is 49.7 Å². The van der Waals surface area contributed by atoms with E-state index in [0.29, 0.717) is 40.9 Å². The Hall–Kier alpha value is -3.03. The van der Waals surface area contributed by atoms with Crippen molar-refractivity contribution in [2.24, 2.45) is 0 Å². The Morgan fingerprint density at radius 3 is 2.50 bits per heavy atom. The minimum Gasteiger partial charge on any atom is -0.507 e. The molecule has 8 heteroatoms. The standard InChI is InChI=1S/C24H24ClNO6/c1-14(2)30-10-9-26-21(15-3-6-17(25)7-4-15)20(23(28)24(26)29)22(27)16-5-8-18-19(13-16)32-12-11-31-18/h3-8,13-14,21,27H,9-12H2,1-2H3/b22-20-. The van der Waals surface area contributed by atoms with Crippen LogP contribution in [0.2, 0.25) is 5.02 Å². The number of ether oxygens (including phenoxy) is 3. The van der Waals surface area contributed by atoms with Crippen LogP contribution in [-0.2, 0) is 14.3 Å². The van der Waals surface area contributed by atoms with Gasteiger partial charge in [0.1, 0.15) is 19.0 Å². The summed E-state index contributed by atoms with van der Waals surface area (Å²) < 4.78 is 16.7. The summed E-state index contributed by atoms with van der Waals surface area (Å²) in [5.74, 6) is -0.665. The van der Waals surface area contributed by atoms with Crippen molar-refractivity contribution < 1.29 is 28.9 Å². The zero-order valence-corrected chi connectivity index (χ0v) is 18.6. The molecule has 7 nitrogen and oxygen atoms in total. The molecule has 2 aliphatic rings. The molecule has 0 aromatic heterocycles. The maximum absolute atomic E-state index is 13.0. The summed E-state index contributed by atoms with van der Waals surface area (Å²) in [5.41, 5.74) is 1.04. The summed E-state index contributed by atoms with van der Waals surface area (Å²) in [7, 11) is 0. The van der Waals surface area contributed by atoms with Gasteiger partial charge in [0.05, 0.1) is 24.3 Å². The normalized spacial score (nSPS) is 19.6. The highest BCUT2D eigenvalue weighted by Gasteiger charge is 2.46. The Kier molecular flexibility index (Phi) is 6.39. The number of aliphatic hydroxyl groups is 1. The van der Waals surface area contributed by atoms with Gasteiger partial charge in [0.2, 0.25) is 0 Å². The predicted octanol–water partition coefficient (Wildman–Crippen LogP) is 3.96. The van der Waals surface area contributed by atoms with Gasteiger partial charge in [-0.15, -0.1) is 0 Å². The fraction of sp³-hybridized carbons (Fsp3) is 0.333. The van der Waals surface area contributed by atoms with Gasteiger partial charge in [0, 0.05) is 17.1 Å². The first kappa shape index (κ1) is 22.2. The highest BCUT2D eigenvalue weighted by atomic mass is 35.5. The third-order valence-corrected chi connectivity index (χ3v) is 5.58. The Balaban J connectivity index is 1.77. The van der Waals surface area contributed by atoms with Gasteiger partial charge in [-0.3, -0.25) is 9.59 Å². The van der Waals surface area contributed by atoms with Crippen LogP contribution in [0.15, 0.2) is 48.0 Å². The molecule has 2 aliphatic heterocycles. The van der Waals surface area contributed by atoms with E-state index in [-0.39, 0.29) is 30.6 Å². The highest BCUT2D eigenvalue weighted by Crippen LogP contribution is 2.41. The molecule has 4 rings (SSSR count). The molecule has 1 fully saturated rings. The van der Waals surface area contributed by atoms with E-state index >= 15 is 0 Å². The van der Waals surface area contributed by atoms with Crippen LogP contribution in [0.25, 0.3) is 5.76 Å². The molecular formula is C24H24ClNO6. The summed E-state index contributed by atoms with van der Waals surface area (Å²) in [6, 6.07) is 11.0. The molecule has 0 bridgehead atoms. The first-order chi connectivity index (χ1) is 15.4. The van der Waals surface area contributed by atoms with Crippen LogP contribution < -0.4 is 9.47 Å². The molecule has 32 heavy (non-hydrogen) atoms. The molecule has 0 saturated carbocycles. The van der Waals surface area contributed by atoms with Crippen molar-refractivity contribution in [3.63, 3.8) is 0 Å². The molecule has 1 unspecified atom stereocenters. The number of fused-ring (bicyclic) bond motifs is 1. The van der Waals surface area contributed by atoms with Crippen molar-refractivity contribution in [2.75, 3.05) is 26.4 Å². The maximum atomic E-state index is 13.0. The van der Waals surface area contributed by atoms with Crippen LogP contribution >= 0.6 is 11.6 Å². The summed E-state index contributed by atoms with van der Waals surface area (Å²) in [6.45, 7) is 5.09. The van der Waals surface area contributed by atoms with E-state index in [1.807, 2.05) is 13.8 Å². The monoisotopic (exact) mass is 457 g/mol. The smallest absolute Gasteiger partial charge is 0.295 e. The van der Waals surface area contributed by atoms with Crippen molar-refractivity contribution in [3.8, 4) is 11.5 Å². The third kappa shape index (κ3) is 4.31. The number of aliphatic hydroxyl groups excluding tert-OH is 1. The van der Waals surface area contributed by atoms with E-state index in [4.69, 9.17) is 25.8 Å². The lowest BCUT2D eigenvalue weighted by molar-refractivity contribution is -0.140. The van der Waals surface area contributed by atoms with Crippen molar-refractivity contribution in [1.82, 2.24) is 4.90 Å². The van der Waals surface area contributed by atoms with Gasteiger partial charge >= 0.3 is 0 Å². The fourth-order valence-corrected chi connectivity index (χ4v) is 3.96. The lowest BCUT2D eigenvalue weighted by Crippen LogP contribution is -2.33. The van der Waals surface area contributed by atoms with Crippen molar-refractivity contribution >= 4 is 29.1 Å². The highest BCUT2D eigenvalue weighted by molar-refractivity contribution is 6.46. The Labute approximate surface area is 191 Å². The molecule has 0 radical (unpaired) electrons. The van der Waals surface area contributed by atoms with E-state index in [1.54, 1.807) is 42.5 Å². The number of Topliss-reactive ketones (excluding diaryl/α,β-unsaturated/α-hetero) is 1. The number of carbonyl (C=O) groups excluding carboxylic acids is 2. The van der Waals surface area contributed by atoms with Crippen LogP contribution in [0.5, 0.6) is 11.5 Å². The number of nitrogens with zero attached hydrogens (tertiary/aromatic N) is 1. The van der Waals surface area contributed by atoms with Crippen LogP contribution in [0.4, 0.5) is 0 Å². The van der Waals surface area contributed by atoms with Crippen LogP contribution in [0, 0.1) is 0 Å². The third-order valence-electron chi connectivity index (χ3n) is 5.32. The molecule has 2 aromatic rings. The van der Waals surface area contributed by atoms with E-state index in [1.165, 1.54) is 4.90 Å². The molecule has 1 N–H and O–H groups in total. The lowest BCUT2D eigenvalue weighted by atomic mass is 9.95. The van der Waals surface area contributed by atoms with E-state index in [9.17, 15) is 14.7 Å². The minimum absolute atomic E-state index is 0.0125. The zero-order valence-electron chi connectivity index (χ0n) is 17.8. The molecule has 2 heterocycles. The average Bonchev–Trinajstić information content (AvgIpc) is 3.03. The summed E-state index contributed by atoms with van der Waals surface area (Å²) in [5, 5.41) is 11.7. The number of hydrogen-bond donors (Lipinski definition) is 1. The lowest BCUT2D eigenvalue weighted by Gasteiger charge is -2.26. The van der Waals surface area contributed by atoms with Crippen molar-refractivity contribution in [2.45, 2.75) is 26.0 Å². The van der Waals surface area contributed by atoms with Crippen molar-refractivity contribution in [1.29, 1.82) is 0 Å². The SMILES string of the molecule is CC(C)OCCN1C(=O)C(=O)/C(=C(\O)c2ccc3c(c2)OCCO3)C1c1ccc(Cl)cc1. The number of hydrogen-bond acceptors (Lipinski definition) is 6. The molecule has 1 saturated heterocycles. The molecule has 0 aliphatic carbocycles. The predicted molar refractivity (Wildman–Crippen MR) is 119 cm³/mol. The number of rotatable bonds is 6. The molecule has 168 valence electrons. The van der Waals surface area contributed by atoms with Gasteiger partial charge in [-0.25, -0.2) is 0 Å². The quantitative estimate of drug-likeness (QED) is 0.401. The second-order valence-corrected chi connectivity index (χ2v) is 8.26. The Morgan fingerprint density at radius 1 is 1.12 bits per heavy atom. The molecule has 0 spiro atoms. The Bertz CT molecular complexity index is 1060. The van der Waals surface area contributed by atoms with Crippen LogP contribution in [-0.4, -0.2) is 54.2 Å². The first-order valence-corrected chi connectivity index (χ1v) is 10.8. The minimum atomic E-state index is -0.767. The second kappa shape index (κ2) is 9.22. The van der Waals surface area contributed by atoms with Gasteiger partial charge in [-0.2, -0.15) is 0 Å². The summed E-state index contributed by atoms with van der Waals surface area (Å²) in [6.07, 6.45) is -0.0153. The summed E-state index contributed by atoms with van der Waals surface area (Å²) >= 11 is 6.04. The van der Waals surface area contributed by atoms with Gasteiger partial charge in [0.15, 0.2) is 11.5 Å². The molecule has 1 atom stereocenters. The first-order valence-electron chi connectivity index (χ1n) is 10.4. The molecular weight excluding hydrogens is 434 g/mol. The van der Waals surface area contributed by atoms with Gasteiger partial charge in [0.25, 0.3) is 11.7 Å². The maximum Gasteiger partial charge on any atom is 0.295 e. The topological polar surface area (TPSA) is 85.3 Å². The van der Waals surface area contributed by atoms with Crippen molar-refractivity contribution in [3.05, 3.63) is 64.2 Å². The van der Waals surface area contributed by atoms with Crippen LogP contribution in [0.1, 0.15) is 31.0 Å². The second-order valence-electron chi connectivity index (χ2n) is 7.82. The number of carbonyl (C=O) groups is 2. The van der Waals surface area contributed by atoms with Gasteiger partial charge < -0.3 is 24.2 Å². The average molecular weight is 458 g/mol. The van der Waals surface area contributed by atoms with Crippen LogP contribution in [0.3, 0.4) is 0 Å². The largest absolute Gasteiger partial charge is 0.507 e. The molecule has 2 aromatic carbocycles. The molecule has 1 amide bonds. The van der Waals surface area contributed by atoms with E-state index in [2.05, 4.69) is 0 Å². The number of amides is 1. The Morgan fingerprint density at radius 2 is 1.81 bits per heavy atom. The number of likely N-dealkylation sites (tertiary alicyclic amines) is 1. The zero-order chi connectivity index (χ0) is 22.8. The van der Waals surface area contributed by atoms with Gasteiger partial charge in [-0.1, -0.05) is 23.7 Å². The van der Waals surface area contributed by atoms with E-state index in [0.717, 1.165) is 0 Å². The number of ketones is 1. The van der Waals surface area contributed by atoms with E-state index < -0.39 is 17.7 Å². The summed E-state index contributed by atoms with van der Waals surface area (Å²) in [4.78, 5) is 27.4.